The molecule has 0 saturated carbocycles. The number of aromatic nitrogens is 1. The second-order valence-electron chi connectivity index (χ2n) is 8.47. The maximum absolute atomic E-state index is 13.4. The Balaban J connectivity index is 1.66. The van der Waals surface area contributed by atoms with E-state index >= 15 is 0 Å². The number of hydroxylamine groups is 2. The van der Waals surface area contributed by atoms with Gasteiger partial charge in [0.2, 0.25) is 0 Å². The molecule has 0 aliphatic carbocycles. The van der Waals surface area contributed by atoms with Crippen molar-refractivity contribution in [2.45, 2.75) is 25.3 Å². The fraction of sp³-hybridized carbons (Fsp3) is 0.478. The molecule has 4 rings (SSSR count). The largest absolute Gasteiger partial charge is 0.505 e. The van der Waals surface area contributed by atoms with Crippen LogP contribution in [0.5, 0.6) is 5.75 Å². The van der Waals surface area contributed by atoms with Crippen LogP contribution in [0.3, 0.4) is 0 Å². The van der Waals surface area contributed by atoms with Crippen molar-refractivity contribution < 1.29 is 23.9 Å². The van der Waals surface area contributed by atoms with Gasteiger partial charge in [-0.1, -0.05) is 12.1 Å². The molecule has 2 aliphatic rings. The Morgan fingerprint density at radius 3 is 2.62 bits per heavy atom. The summed E-state index contributed by atoms with van der Waals surface area (Å²) < 4.78 is 15.1. The summed E-state index contributed by atoms with van der Waals surface area (Å²) in [6, 6.07) is 6.14. The molecule has 2 aromatic rings. The van der Waals surface area contributed by atoms with Gasteiger partial charge >= 0.3 is 0 Å². The van der Waals surface area contributed by atoms with Gasteiger partial charge in [-0.3, -0.25) is 9.59 Å². The SMILES string of the molecule is CON(C)CCC1CN(CCc2ccc(F)cc2)C(=O)c2c(O)c3c(n21)CCN(C)C3=O. The first kappa shape index (κ1) is 22.3. The van der Waals surface area contributed by atoms with Crippen LogP contribution in [0.4, 0.5) is 4.39 Å². The number of hydrogen-bond acceptors (Lipinski definition) is 5. The molecule has 32 heavy (non-hydrogen) atoms. The predicted octanol–water partition coefficient (Wildman–Crippen LogP) is 2.08. The molecule has 9 heteroatoms. The number of amides is 2. The lowest BCUT2D eigenvalue weighted by atomic mass is 10.1. The van der Waals surface area contributed by atoms with Crippen molar-refractivity contribution >= 4 is 11.8 Å². The van der Waals surface area contributed by atoms with Crippen molar-refractivity contribution in [1.82, 2.24) is 19.4 Å². The standard InChI is InChI=1S/C23H29FN4O4/c1-25-11-10-18-19(22(25)30)21(29)20-23(31)27(13-8-15-4-6-16(24)7-5-15)14-17(28(18)20)9-12-26(2)32-3/h4-7,17,29H,8-14H2,1-3H3. The van der Waals surface area contributed by atoms with Crippen LogP contribution in [0, 0.1) is 5.82 Å². The lowest BCUT2D eigenvalue weighted by Crippen LogP contribution is -2.45. The van der Waals surface area contributed by atoms with E-state index in [0.717, 1.165) is 11.3 Å². The topological polar surface area (TPSA) is 78.2 Å². The molecular formula is C23H29FN4O4. The maximum atomic E-state index is 13.4. The smallest absolute Gasteiger partial charge is 0.274 e. The van der Waals surface area contributed by atoms with Gasteiger partial charge in [-0.05, 0) is 30.5 Å². The molecule has 2 amide bonds. The zero-order chi connectivity index (χ0) is 23.0. The third-order valence-electron chi connectivity index (χ3n) is 6.48. The third kappa shape index (κ3) is 3.98. The number of aromatic hydroxyl groups is 1. The Hall–Kier alpha value is -2.91. The van der Waals surface area contributed by atoms with E-state index in [1.54, 1.807) is 41.2 Å². The molecule has 0 fully saturated rings. The minimum atomic E-state index is -0.298. The highest BCUT2D eigenvalue weighted by Gasteiger charge is 2.41. The van der Waals surface area contributed by atoms with Crippen molar-refractivity contribution in [3.05, 3.63) is 52.6 Å². The van der Waals surface area contributed by atoms with Gasteiger partial charge < -0.3 is 24.3 Å². The third-order valence-corrected chi connectivity index (χ3v) is 6.48. The molecular weight excluding hydrogens is 415 g/mol. The number of hydrogen-bond donors (Lipinski definition) is 1. The van der Waals surface area contributed by atoms with Crippen LogP contribution in [-0.2, 0) is 17.7 Å². The van der Waals surface area contributed by atoms with Gasteiger partial charge in [0.25, 0.3) is 11.8 Å². The minimum Gasteiger partial charge on any atom is -0.505 e. The van der Waals surface area contributed by atoms with E-state index in [0.29, 0.717) is 45.4 Å². The molecule has 0 radical (unpaired) electrons. The van der Waals surface area contributed by atoms with E-state index in [2.05, 4.69) is 0 Å². The Morgan fingerprint density at radius 1 is 1.22 bits per heavy atom. The first-order chi connectivity index (χ1) is 15.3. The Labute approximate surface area is 186 Å². The van der Waals surface area contributed by atoms with Crippen LogP contribution in [0.15, 0.2) is 24.3 Å². The molecule has 0 bridgehead atoms. The molecule has 8 nitrogen and oxygen atoms in total. The second-order valence-corrected chi connectivity index (χ2v) is 8.47. The van der Waals surface area contributed by atoms with E-state index in [9.17, 15) is 19.1 Å². The number of rotatable bonds is 7. The highest BCUT2D eigenvalue weighted by molar-refractivity contribution is 6.05. The zero-order valence-corrected chi connectivity index (χ0v) is 18.7. The molecule has 172 valence electrons. The van der Waals surface area contributed by atoms with Crippen LogP contribution >= 0.6 is 0 Å². The first-order valence-corrected chi connectivity index (χ1v) is 10.8. The molecule has 0 saturated heterocycles. The Kier molecular flexibility index (Phi) is 6.21. The lowest BCUT2D eigenvalue weighted by molar-refractivity contribution is -0.111. The first-order valence-electron chi connectivity index (χ1n) is 10.8. The van der Waals surface area contributed by atoms with Crippen LogP contribution in [-0.4, -0.2) is 83.7 Å². The molecule has 2 aliphatic heterocycles. The molecule has 1 aromatic heterocycles. The van der Waals surface area contributed by atoms with Gasteiger partial charge in [0, 0.05) is 52.4 Å². The summed E-state index contributed by atoms with van der Waals surface area (Å²) in [6.45, 7) is 2.07. The second kappa shape index (κ2) is 8.91. The van der Waals surface area contributed by atoms with Crippen molar-refractivity contribution in [2.24, 2.45) is 0 Å². The molecule has 1 atom stereocenters. The Bertz CT molecular complexity index is 1020. The normalized spacial score (nSPS) is 18.3. The van der Waals surface area contributed by atoms with Gasteiger partial charge in [-0.15, -0.1) is 0 Å². The average Bonchev–Trinajstić information content (AvgIpc) is 3.09. The molecule has 1 unspecified atom stereocenters. The van der Waals surface area contributed by atoms with Gasteiger partial charge in [0.1, 0.15) is 11.4 Å². The quantitative estimate of drug-likeness (QED) is 0.662. The van der Waals surface area contributed by atoms with Gasteiger partial charge in [0.05, 0.1) is 13.2 Å². The van der Waals surface area contributed by atoms with Crippen molar-refractivity contribution in [1.29, 1.82) is 0 Å². The van der Waals surface area contributed by atoms with E-state index in [4.69, 9.17) is 4.84 Å². The van der Waals surface area contributed by atoms with E-state index in [1.807, 2.05) is 11.6 Å². The summed E-state index contributed by atoms with van der Waals surface area (Å²) in [4.78, 5) is 34.7. The molecule has 1 N–H and O–H groups in total. The number of nitrogens with zero attached hydrogens (tertiary/aromatic N) is 4. The number of carbonyl (C=O) groups is 2. The number of benzene rings is 1. The minimum absolute atomic E-state index is 0.0978. The van der Waals surface area contributed by atoms with Gasteiger partial charge in [-0.2, -0.15) is 5.06 Å². The fourth-order valence-electron chi connectivity index (χ4n) is 4.59. The monoisotopic (exact) mass is 444 g/mol. The number of fused-ring (bicyclic) bond motifs is 3. The summed E-state index contributed by atoms with van der Waals surface area (Å²) in [5, 5.41) is 12.7. The van der Waals surface area contributed by atoms with E-state index < -0.39 is 0 Å². The highest BCUT2D eigenvalue weighted by Crippen LogP contribution is 2.40. The number of halogens is 1. The fourth-order valence-corrected chi connectivity index (χ4v) is 4.59. The summed E-state index contributed by atoms with van der Waals surface area (Å²) in [6.07, 6.45) is 1.84. The Morgan fingerprint density at radius 2 is 1.94 bits per heavy atom. The van der Waals surface area contributed by atoms with Crippen LogP contribution < -0.4 is 0 Å². The zero-order valence-electron chi connectivity index (χ0n) is 18.7. The predicted molar refractivity (Wildman–Crippen MR) is 116 cm³/mol. The van der Waals surface area contributed by atoms with E-state index in [1.165, 1.54) is 12.1 Å². The van der Waals surface area contributed by atoms with E-state index in [-0.39, 0.29) is 40.7 Å². The maximum Gasteiger partial charge on any atom is 0.274 e. The summed E-state index contributed by atoms with van der Waals surface area (Å²) in [7, 11) is 5.13. The molecule has 1 aromatic carbocycles. The van der Waals surface area contributed by atoms with Gasteiger partial charge in [0.15, 0.2) is 11.4 Å². The van der Waals surface area contributed by atoms with Gasteiger partial charge in [-0.25, -0.2) is 4.39 Å². The van der Waals surface area contributed by atoms with Crippen molar-refractivity contribution in [3.63, 3.8) is 0 Å². The number of carbonyl (C=O) groups excluding carboxylic acids is 2. The van der Waals surface area contributed by atoms with Crippen molar-refractivity contribution in [2.75, 3.05) is 47.4 Å². The molecule has 0 spiro atoms. The van der Waals surface area contributed by atoms with Crippen LogP contribution in [0.25, 0.3) is 0 Å². The summed E-state index contributed by atoms with van der Waals surface area (Å²) in [5.74, 6) is -1.07. The van der Waals surface area contributed by atoms with Crippen LogP contribution in [0.1, 0.15) is 44.6 Å². The van der Waals surface area contributed by atoms with Crippen molar-refractivity contribution in [3.8, 4) is 5.75 Å². The molecule has 3 heterocycles. The lowest BCUT2D eigenvalue weighted by Gasteiger charge is -2.37. The van der Waals surface area contributed by atoms with Crippen LogP contribution in [0.2, 0.25) is 0 Å². The number of likely N-dealkylation sites (N-methyl/N-ethyl adjacent to an activating group) is 1. The summed E-state index contributed by atoms with van der Waals surface area (Å²) in [5.41, 5.74) is 2.09. The average molecular weight is 445 g/mol. The summed E-state index contributed by atoms with van der Waals surface area (Å²) >= 11 is 0. The highest BCUT2D eigenvalue weighted by atomic mass is 19.1.